The van der Waals surface area contributed by atoms with Gasteiger partial charge in [0.25, 0.3) is 5.91 Å². The minimum Gasteiger partial charge on any atom is -0.455 e. The number of hydrogen-bond donors (Lipinski definition) is 1. The zero-order chi connectivity index (χ0) is 21.8. The normalized spacial score (nSPS) is 16.2. The molecule has 7 heteroatoms. The lowest BCUT2D eigenvalue weighted by Crippen LogP contribution is -2.39. The molecule has 3 aromatic rings. The van der Waals surface area contributed by atoms with Crippen molar-refractivity contribution >= 4 is 15.7 Å². The molecule has 1 fully saturated rings. The smallest absolute Gasteiger partial charge is 0.289 e. The molecule has 162 valence electrons. The monoisotopic (exact) mass is 439 g/mol. The standard InChI is InChI=1S/C24H25NO5S/c26-23(18-7-3-1-4-8-18)19-13-15-25(16-14-19)24(27)22-12-11-20(30-22)17-31(28,29)21-9-5-2-6-10-21/h1-12,19,23,26H,13-17H2/t23-/m0/s1. The molecule has 1 atom stereocenters. The minimum absolute atomic E-state index is 0.0922. The lowest BCUT2D eigenvalue weighted by atomic mass is 9.87. The second-order valence-corrected chi connectivity index (χ2v) is 9.81. The molecule has 1 amide bonds. The van der Waals surface area contributed by atoms with Crippen molar-refractivity contribution in [3.05, 3.63) is 89.9 Å². The summed E-state index contributed by atoms with van der Waals surface area (Å²) in [5.41, 5.74) is 0.891. The summed E-state index contributed by atoms with van der Waals surface area (Å²) < 4.78 is 30.6. The number of likely N-dealkylation sites (tertiary alicyclic amines) is 1. The van der Waals surface area contributed by atoms with Gasteiger partial charge in [-0.2, -0.15) is 0 Å². The van der Waals surface area contributed by atoms with E-state index in [4.69, 9.17) is 4.42 Å². The summed E-state index contributed by atoms with van der Waals surface area (Å²) in [5.74, 6) is -0.0807. The molecular weight excluding hydrogens is 414 g/mol. The van der Waals surface area contributed by atoms with Gasteiger partial charge in [0.15, 0.2) is 15.6 Å². The van der Waals surface area contributed by atoms with Crippen LogP contribution >= 0.6 is 0 Å². The van der Waals surface area contributed by atoms with E-state index in [9.17, 15) is 18.3 Å². The molecule has 0 aliphatic carbocycles. The molecule has 1 aromatic heterocycles. The number of sulfone groups is 1. The Bertz CT molecular complexity index is 1120. The Balaban J connectivity index is 1.36. The Hall–Kier alpha value is -2.90. The molecule has 0 bridgehead atoms. The van der Waals surface area contributed by atoms with E-state index in [-0.39, 0.29) is 34.0 Å². The van der Waals surface area contributed by atoms with Crippen molar-refractivity contribution < 1.29 is 22.7 Å². The van der Waals surface area contributed by atoms with Crippen LogP contribution in [0.2, 0.25) is 0 Å². The fraction of sp³-hybridized carbons (Fsp3) is 0.292. The van der Waals surface area contributed by atoms with Crippen molar-refractivity contribution in [2.75, 3.05) is 13.1 Å². The van der Waals surface area contributed by atoms with E-state index in [1.165, 1.54) is 6.07 Å². The van der Waals surface area contributed by atoms with E-state index in [1.807, 2.05) is 30.3 Å². The van der Waals surface area contributed by atoms with Gasteiger partial charge in [-0.3, -0.25) is 4.79 Å². The zero-order valence-corrected chi connectivity index (χ0v) is 17.9. The van der Waals surface area contributed by atoms with Crippen LogP contribution in [0.1, 0.15) is 40.8 Å². The van der Waals surface area contributed by atoms with Gasteiger partial charge >= 0.3 is 0 Å². The van der Waals surface area contributed by atoms with Crippen LogP contribution in [0.15, 0.2) is 82.1 Å². The molecule has 0 radical (unpaired) electrons. The fourth-order valence-electron chi connectivity index (χ4n) is 3.97. The molecule has 4 rings (SSSR count). The number of aliphatic hydroxyl groups excluding tert-OH is 1. The summed E-state index contributed by atoms with van der Waals surface area (Å²) in [5, 5.41) is 10.6. The SMILES string of the molecule is O=C(c1ccc(CS(=O)(=O)c2ccccc2)o1)N1CCC([C@@H](O)c2ccccc2)CC1. The average molecular weight is 440 g/mol. The Morgan fingerprint density at radius 2 is 1.58 bits per heavy atom. The van der Waals surface area contributed by atoms with Crippen LogP contribution in [-0.2, 0) is 15.6 Å². The van der Waals surface area contributed by atoms with Gasteiger partial charge in [-0.25, -0.2) is 8.42 Å². The molecule has 2 heterocycles. The van der Waals surface area contributed by atoms with E-state index in [2.05, 4.69) is 0 Å². The molecule has 6 nitrogen and oxygen atoms in total. The summed E-state index contributed by atoms with van der Waals surface area (Å²) in [4.78, 5) is 14.7. The predicted molar refractivity (Wildman–Crippen MR) is 116 cm³/mol. The predicted octanol–water partition coefficient (Wildman–Crippen LogP) is 3.84. The van der Waals surface area contributed by atoms with Crippen LogP contribution in [-0.4, -0.2) is 37.4 Å². The molecule has 0 unspecified atom stereocenters. The van der Waals surface area contributed by atoms with Gasteiger partial charge < -0.3 is 14.4 Å². The van der Waals surface area contributed by atoms with Crippen LogP contribution in [0.3, 0.4) is 0 Å². The van der Waals surface area contributed by atoms with Gasteiger partial charge in [0.05, 0.1) is 11.0 Å². The highest BCUT2D eigenvalue weighted by Gasteiger charge is 2.30. The van der Waals surface area contributed by atoms with Gasteiger partial charge in [0, 0.05) is 13.1 Å². The highest BCUT2D eigenvalue weighted by atomic mass is 32.2. The van der Waals surface area contributed by atoms with Crippen molar-refractivity contribution in [3.63, 3.8) is 0 Å². The Morgan fingerprint density at radius 3 is 2.23 bits per heavy atom. The van der Waals surface area contributed by atoms with Gasteiger partial charge in [-0.05, 0) is 48.6 Å². The van der Waals surface area contributed by atoms with Gasteiger partial charge in [0.2, 0.25) is 0 Å². The van der Waals surface area contributed by atoms with Crippen molar-refractivity contribution in [3.8, 4) is 0 Å². The first-order valence-electron chi connectivity index (χ1n) is 10.3. The number of aliphatic hydroxyl groups is 1. The average Bonchev–Trinajstić information content (AvgIpc) is 3.27. The van der Waals surface area contributed by atoms with Crippen molar-refractivity contribution in [2.24, 2.45) is 5.92 Å². The number of nitrogens with zero attached hydrogens (tertiary/aromatic N) is 1. The lowest BCUT2D eigenvalue weighted by molar-refractivity contribution is 0.0442. The van der Waals surface area contributed by atoms with Gasteiger partial charge in [0.1, 0.15) is 11.5 Å². The maximum Gasteiger partial charge on any atom is 0.289 e. The van der Waals surface area contributed by atoms with Crippen LogP contribution < -0.4 is 0 Å². The van der Waals surface area contributed by atoms with E-state index >= 15 is 0 Å². The Kier molecular flexibility index (Phi) is 6.25. The lowest BCUT2D eigenvalue weighted by Gasteiger charge is -2.34. The molecule has 31 heavy (non-hydrogen) atoms. The second kappa shape index (κ2) is 9.08. The topological polar surface area (TPSA) is 87.8 Å². The van der Waals surface area contributed by atoms with Gasteiger partial charge in [-0.15, -0.1) is 0 Å². The number of benzene rings is 2. The first-order valence-corrected chi connectivity index (χ1v) is 12.0. The van der Waals surface area contributed by atoms with Crippen LogP contribution in [0.25, 0.3) is 0 Å². The molecular formula is C24H25NO5S. The van der Waals surface area contributed by atoms with Crippen molar-refractivity contribution in [1.82, 2.24) is 4.90 Å². The molecule has 2 aromatic carbocycles. The summed E-state index contributed by atoms with van der Waals surface area (Å²) in [6, 6.07) is 20.8. The summed E-state index contributed by atoms with van der Waals surface area (Å²) >= 11 is 0. The Morgan fingerprint density at radius 1 is 0.968 bits per heavy atom. The largest absolute Gasteiger partial charge is 0.455 e. The number of carbonyl (C=O) groups excluding carboxylic acids is 1. The molecule has 0 saturated carbocycles. The molecule has 1 saturated heterocycles. The van der Waals surface area contributed by atoms with Crippen LogP contribution in [0.4, 0.5) is 0 Å². The van der Waals surface area contributed by atoms with Crippen molar-refractivity contribution in [1.29, 1.82) is 0 Å². The zero-order valence-electron chi connectivity index (χ0n) is 17.1. The van der Waals surface area contributed by atoms with E-state index < -0.39 is 15.9 Å². The number of piperidine rings is 1. The molecule has 1 N–H and O–H groups in total. The third-order valence-corrected chi connectivity index (χ3v) is 7.38. The van der Waals surface area contributed by atoms with Crippen LogP contribution in [0.5, 0.6) is 0 Å². The number of carbonyl (C=O) groups is 1. The van der Waals surface area contributed by atoms with E-state index in [0.29, 0.717) is 25.9 Å². The maximum absolute atomic E-state index is 12.8. The van der Waals surface area contributed by atoms with Crippen molar-refractivity contribution in [2.45, 2.75) is 29.6 Å². The van der Waals surface area contributed by atoms with Gasteiger partial charge in [-0.1, -0.05) is 48.5 Å². The molecule has 0 spiro atoms. The number of hydrogen-bond acceptors (Lipinski definition) is 5. The van der Waals surface area contributed by atoms with E-state index in [0.717, 1.165) is 5.56 Å². The first kappa shape index (κ1) is 21.3. The Labute approximate surface area is 182 Å². The number of amides is 1. The number of rotatable bonds is 6. The summed E-state index contributed by atoms with van der Waals surface area (Å²) in [6.45, 7) is 1.04. The fourth-order valence-corrected chi connectivity index (χ4v) is 5.23. The summed E-state index contributed by atoms with van der Waals surface area (Å²) in [7, 11) is -3.54. The quantitative estimate of drug-likeness (QED) is 0.631. The van der Waals surface area contributed by atoms with E-state index in [1.54, 1.807) is 41.3 Å². The highest BCUT2D eigenvalue weighted by molar-refractivity contribution is 7.90. The second-order valence-electron chi connectivity index (χ2n) is 7.82. The highest BCUT2D eigenvalue weighted by Crippen LogP contribution is 2.31. The summed E-state index contributed by atoms with van der Waals surface area (Å²) in [6.07, 6.45) is 0.840. The third-order valence-electron chi connectivity index (χ3n) is 5.72. The third kappa shape index (κ3) is 4.89. The first-order chi connectivity index (χ1) is 14.9. The number of furan rings is 1. The molecule has 1 aliphatic heterocycles. The minimum atomic E-state index is -3.54. The molecule has 1 aliphatic rings. The maximum atomic E-state index is 12.8. The van der Waals surface area contributed by atoms with Crippen LogP contribution in [0, 0.1) is 5.92 Å².